The number of amides is 2. The minimum absolute atomic E-state index is 0.0189. The van der Waals surface area contributed by atoms with E-state index < -0.39 is 0 Å². The molecule has 0 bridgehead atoms. The van der Waals surface area contributed by atoms with E-state index in [1.165, 1.54) is 0 Å². The summed E-state index contributed by atoms with van der Waals surface area (Å²) < 4.78 is 0. The van der Waals surface area contributed by atoms with Crippen LogP contribution in [0.1, 0.15) is 24.0 Å². The number of carbonyl (C=O) groups excluding carboxylic acids is 2. The summed E-state index contributed by atoms with van der Waals surface area (Å²) in [6.07, 6.45) is 1.35. The summed E-state index contributed by atoms with van der Waals surface area (Å²) >= 11 is 1.60. The molecular formula is C12H17N3O2S. The van der Waals surface area contributed by atoms with Gasteiger partial charge in [0, 0.05) is 24.0 Å². The van der Waals surface area contributed by atoms with Crippen LogP contribution in [0.3, 0.4) is 0 Å². The quantitative estimate of drug-likeness (QED) is 0.875. The standard InChI is InChI=1S/C12H17N3O2S/c1-3-9-12(17)15(6-10(16)14-9)5-4-11-13-8(2)7-18-11/h7,9H,3-6H2,1-2H3,(H,14,16). The van der Waals surface area contributed by atoms with Gasteiger partial charge in [-0.2, -0.15) is 0 Å². The highest BCUT2D eigenvalue weighted by Crippen LogP contribution is 2.12. The van der Waals surface area contributed by atoms with Gasteiger partial charge in [0.25, 0.3) is 0 Å². The van der Waals surface area contributed by atoms with Gasteiger partial charge in [-0.25, -0.2) is 4.98 Å². The molecule has 1 aliphatic rings. The Labute approximate surface area is 110 Å². The first-order valence-electron chi connectivity index (χ1n) is 6.09. The Morgan fingerprint density at radius 3 is 2.94 bits per heavy atom. The minimum atomic E-state index is -0.357. The summed E-state index contributed by atoms with van der Waals surface area (Å²) in [5.74, 6) is -0.0536. The summed E-state index contributed by atoms with van der Waals surface area (Å²) in [5.41, 5.74) is 1.00. The third-order valence-corrected chi connectivity index (χ3v) is 3.98. The molecule has 2 amide bonds. The lowest BCUT2D eigenvalue weighted by Crippen LogP contribution is -2.58. The number of aromatic nitrogens is 1. The number of nitrogens with zero attached hydrogens (tertiary/aromatic N) is 2. The predicted molar refractivity (Wildman–Crippen MR) is 69.4 cm³/mol. The zero-order valence-electron chi connectivity index (χ0n) is 10.6. The Balaban J connectivity index is 1.95. The fraction of sp³-hybridized carbons (Fsp3) is 0.583. The summed E-state index contributed by atoms with van der Waals surface area (Å²) in [6.45, 7) is 4.58. The van der Waals surface area contributed by atoms with E-state index in [0.717, 1.165) is 10.7 Å². The van der Waals surface area contributed by atoms with E-state index in [1.54, 1.807) is 16.2 Å². The van der Waals surface area contributed by atoms with Gasteiger partial charge in [0.1, 0.15) is 6.04 Å². The van der Waals surface area contributed by atoms with Crippen molar-refractivity contribution < 1.29 is 9.59 Å². The predicted octanol–water partition coefficient (Wildman–Crippen LogP) is 0.731. The lowest BCUT2D eigenvalue weighted by Gasteiger charge is -2.31. The number of aryl methyl sites for hydroxylation is 1. The molecule has 0 aliphatic carbocycles. The van der Waals surface area contributed by atoms with Crippen molar-refractivity contribution in [1.82, 2.24) is 15.2 Å². The summed E-state index contributed by atoms with van der Waals surface area (Å²) in [7, 11) is 0. The molecule has 1 saturated heterocycles. The van der Waals surface area contributed by atoms with E-state index in [2.05, 4.69) is 10.3 Å². The summed E-state index contributed by atoms with van der Waals surface area (Å²) in [4.78, 5) is 29.5. The average Bonchev–Trinajstić information content (AvgIpc) is 2.75. The van der Waals surface area contributed by atoms with Gasteiger partial charge in [-0.05, 0) is 13.3 Å². The third kappa shape index (κ3) is 2.87. The monoisotopic (exact) mass is 267 g/mol. The Morgan fingerprint density at radius 1 is 1.56 bits per heavy atom. The Hall–Kier alpha value is -1.43. The lowest BCUT2D eigenvalue weighted by molar-refractivity contribution is -0.144. The molecule has 1 aromatic heterocycles. The van der Waals surface area contributed by atoms with Gasteiger partial charge in [-0.15, -0.1) is 11.3 Å². The molecule has 6 heteroatoms. The number of rotatable bonds is 4. The molecule has 1 unspecified atom stereocenters. The van der Waals surface area contributed by atoms with Gasteiger partial charge >= 0.3 is 0 Å². The van der Waals surface area contributed by atoms with E-state index >= 15 is 0 Å². The second kappa shape index (κ2) is 5.48. The lowest BCUT2D eigenvalue weighted by atomic mass is 10.1. The van der Waals surface area contributed by atoms with Gasteiger partial charge in [0.05, 0.1) is 11.6 Å². The van der Waals surface area contributed by atoms with Gasteiger partial charge < -0.3 is 10.2 Å². The van der Waals surface area contributed by atoms with Crippen LogP contribution < -0.4 is 5.32 Å². The van der Waals surface area contributed by atoms with Crippen molar-refractivity contribution in [3.8, 4) is 0 Å². The zero-order chi connectivity index (χ0) is 13.1. The largest absolute Gasteiger partial charge is 0.343 e. The van der Waals surface area contributed by atoms with Crippen molar-refractivity contribution in [2.45, 2.75) is 32.7 Å². The molecule has 98 valence electrons. The number of thiazole rings is 1. The first-order valence-corrected chi connectivity index (χ1v) is 6.97. The van der Waals surface area contributed by atoms with Crippen LogP contribution in [0, 0.1) is 6.92 Å². The van der Waals surface area contributed by atoms with Crippen LogP contribution >= 0.6 is 11.3 Å². The molecule has 1 fully saturated rings. The van der Waals surface area contributed by atoms with Crippen LogP contribution in [0.5, 0.6) is 0 Å². The SMILES string of the molecule is CCC1NC(=O)CN(CCc2nc(C)cs2)C1=O. The van der Waals surface area contributed by atoms with Crippen LogP contribution in [-0.4, -0.2) is 40.8 Å². The van der Waals surface area contributed by atoms with Gasteiger partial charge in [-0.3, -0.25) is 9.59 Å². The molecule has 2 heterocycles. The van der Waals surface area contributed by atoms with E-state index in [0.29, 0.717) is 19.4 Å². The molecule has 0 saturated carbocycles. The maximum Gasteiger partial charge on any atom is 0.245 e. The van der Waals surface area contributed by atoms with Crippen molar-refractivity contribution in [3.63, 3.8) is 0 Å². The number of nitrogens with one attached hydrogen (secondary N) is 1. The third-order valence-electron chi connectivity index (χ3n) is 2.95. The highest BCUT2D eigenvalue weighted by molar-refractivity contribution is 7.09. The van der Waals surface area contributed by atoms with Crippen molar-refractivity contribution >= 4 is 23.2 Å². The van der Waals surface area contributed by atoms with E-state index in [9.17, 15) is 9.59 Å². The fourth-order valence-corrected chi connectivity index (χ4v) is 2.75. The van der Waals surface area contributed by atoms with Crippen molar-refractivity contribution in [2.75, 3.05) is 13.1 Å². The van der Waals surface area contributed by atoms with Crippen molar-refractivity contribution in [1.29, 1.82) is 0 Å². The molecule has 0 radical (unpaired) electrons. The topological polar surface area (TPSA) is 62.3 Å². The second-order valence-electron chi connectivity index (χ2n) is 4.42. The molecule has 1 atom stereocenters. The second-order valence-corrected chi connectivity index (χ2v) is 5.36. The number of hydrogen-bond donors (Lipinski definition) is 1. The van der Waals surface area contributed by atoms with Gasteiger partial charge in [0.15, 0.2) is 0 Å². The van der Waals surface area contributed by atoms with Gasteiger partial charge in [0.2, 0.25) is 11.8 Å². The Bertz CT molecular complexity index is 458. The fourth-order valence-electron chi connectivity index (χ4n) is 1.99. The highest BCUT2D eigenvalue weighted by atomic mass is 32.1. The molecular weight excluding hydrogens is 250 g/mol. The summed E-state index contributed by atoms with van der Waals surface area (Å²) in [5, 5.41) is 5.71. The number of piperazine rings is 1. The Morgan fingerprint density at radius 2 is 2.33 bits per heavy atom. The molecule has 0 spiro atoms. The van der Waals surface area contributed by atoms with E-state index in [4.69, 9.17) is 0 Å². The minimum Gasteiger partial charge on any atom is -0.343 e. The molecule has 5 nitrogen and oxygen atoms in total. The molecule has 2 rings (SSSR count). The van der Waals surface area contributed by atoms with Crippen LogP contribution in [0.15, 0.2) is 5.38 Å². The molecule has 1 aliphatic heterocycles. The van der Waals surface area contributed by atoms with Crippen molar-refractivity contribution in [2.24, 2.45) is 0 Å². The first-order chi connectivity index (χ1) is 8.60. The Kier molecular flexibility index (Phi) is 3.96. The number of carbonyl (C=O) groups is 2. The molecule has 0 aromatic carbocycles. The maximum absolute atomic E-state index is 12.0. The zero-order valence-corrected chi connectivity index (χ0v) is 11.4. The van der Waals surface area contributed by atoms with Crippen LogP contribution in [0.2, 0.25) is 0 Å². The smallest absolute Gasteiger partial charge is 0.245 e. The van der Waals surface area contributed by atoms with Crippen LogP contribution in [0.4, 0.5) is 0 Å². The van der Waals surface area contributed by atoms with E-state index in [-0.39, 0.29) is 24.4 Å². The van der Waals surface area contributed by atoms with Crippen molar-refractivity contribution in [3.05, 3.63) is 16.1 Å². The van der Waals surface area contributed by atoms with Crippen LogP contribution in [0.25, 0.3) is 0 Å². The van der Waals surface area contributed by atoms with Gasteiger partial charge in [-0.1, -0.05) is 6.92 Å². The molecule has 1 N–H and O–H groups in total. The molecule has 1 aromatic rings. The maximum atomic E-state index is 12.0. The normalized spacial score (nSPS) is 20.1. The first kappa shape index (κ1) is 13.0. The number of hydrogen-bond acceptors (Lipinski definition) is 4. The summed E-state index contributed by atoms with van der Waals surface area (Å²) in [6, 6.07) is -0.357. The molecule has 18 heavy (non-hydrogen) atoms. The average molecular weight is 267 g/mol. The highest BCUT2D eigenvalue weighted by Gasteiger charge is 2.30. The van der Waals surface area contributed by atoms with Crippen LogP contribution in [-0.2, 0) is 16.0 Å². The van der Waals surface area contributed by atoms with E-state index in [1.807, 2.05) is 19.2 Å².